The number of nitrogens with zero attached hydrogens (tertiary/aromatic N) is 2. The van der Waals surface area contributed by atoms with Crippen molar-refractivity contribution in [3.8, 4) is 5.75 Å². The molecule has 0 aliphatic rings. The highest BCUT2D eigenvalue weighted by Crippen LogP contribution is 2.13. The van der Waals surface area contributed by atoms with Crippen molar-refractivity contribution < 1.29 is 4.74 Å². The van der Waals surface area contributed by atoms with Crippen molar-refractivity contribution in [3.63, 3.8) is 0 Å². The Bertz CT molecular complexity index is 507. The highest BCUT2D eigenvalue weighted by Gasteiger charge is 1.98. The third-order valence-electron chi connectivity index (χ3n) is 2.40. The van der Waals surface area contributed by atoms with Gasteiger partial charge in [0.05, 0.1) is 12.2 Å². The Morgan fingerprint density at radius 1 is 1.50 bits per heavy atom. The lowest BCUT2D eigenvalue weighted by Gasteiger charge is -2.09. The Morgan fingerprint density at radius 2 is 2.39 bits per heavy atom. The molecule has 1 aromatic heterocycles. The fraction of sp³-hybridized carbons (Fsp3) is 0.231. The number of hydrogen-bond acceptors (Lipinski definition) is 3. The first-order valence-corrected chi connectivity index (χ1v) is 5.70. The summed E-state index contributed by atoms with van der Waals surface area (Å²) in [5.74, 6) is 1.27. The smallest absolute Gasteiger partial charge is 0.165 e. The molecule has 0 aliphatic carbocycles. The molecule has 2 aromatic rings. The molecule has 2 rings (SSSR count). The second kappa shape index (κ2) is 5.86. The molecule has 0 saturated heterocycles. The van der Waals surface area contributed by atoms with Crippen LogP contribution in [-0.2, 0) is 13.3 Å². The molecule has 5 nitrogen and oxygen atoms in total. The van der Waals surface area contributed by atoms with Crippen LogP contribution in [0.1, 0.15) is 12.5 Å². The van der Waals surface area contributed by atoms with Gasteiger partial charge < -0.3 is 14.6 Å². The van der Waals surface area contributed by atoms with Crippen LogP contribution in [0.15, 0.2) is 43.0 Å². The van der Waals surface area contributed by atoms with Gasteiger partial charge in [0.15, 0.2) is 6.73 Å². The number of nitrogens with one attached hydrogen (secondary N) is 2. The van der Waals surface area contributed by atoms with Gasteiger partial charge in [-0.2, -0.15) is 0 Å². The van der Waals surface area contributed by atoms with Crippen LogP contribution in [-0.4, -0.2) is 15.4 Å². The van der Waals surface area contributed by atoms with E-state index < -0.39 is 0 Å². The first-order chi connectivity index (χ1) is 8.74. The third kappa shape index (κ3) is 3.62. The number of amidine groups is 1. The molecule has 18 heavy (non-hydrogen) atoms. The van der Waals surface area contributed by atoms with Crippen LogP contribution >= 0.6 is 0 Å². The summed E-state index contributed by atoms with van der Waals surface area (Å²) in [7, 11) is 0. The molecule has 0 saturated carbocycles. The minimum Gasteiger partial charge on any atom is -0.473 e. The predicted octanol–water partition coefficient (Wildman–Crippen LogP) is 2.01. The van der Waals surface area contributed by atoms with Crippen LogP contribution in [0, 0.1) is 5.41 Å². The van der Waals surface area contributed by atoms with Crippen LogP contribution in [0.2, 0.25) is 0 Å². The molecule has 0 bridgehead atoms. The van der Waals surface area contributed by atoms with Gasteiger partial charge in [0, 0.05) is 18.9 Å². The normalized spacial score (nSPS) is 10.1. The third-order valence-corrected chi connectivity index (χ3v) is 2.40. The number of aromatic nitrogens is 2. The van der Waals surface area contributed by atoms with Crippen molar-refractivity contribution in [2.75, 3.05) is 0 Å². The lowest BCUT2D eigenvalue weighted by atomic mass is 10.2. The summed E-state index contributed by atoms with van der Waals surface area (Å²) in [6, 6.07) is 7.82. The van der Waals surface area contributed by atoms with Gasteiger partial charge in [-0.3, -0.25) is 5.41 Å². The van der Waals surface area contributed by atoms with E-state index in [1.165, 1.54) is 0 Å². The number of benzene rings is 1. The Hall–Kier alpha value is -2.30. The molecule has 0 atom stereocenters. The Kier molecular flexibility index (Phi) is 3.96. The van der Waals surface area contributed by atoms with Crippen LogP contribution < -0.4 is 10.1 Å². The first kappa shape index (κ1) is 12.2. The minimum absolute atomic E-state index is 0.445. The lowest BCUT2D eigenvalue weighted by molar-refractivity contribution is 0.236. The van der Waals surface area contributed by atoms with Gasteiger partial charge in [-0.15, -0.1) is 0 Å². The van der Waals surface area contributed by atoms with Gasteiger partial charge in [0.2, 0.25) is 0 Å². The highest BCUT2D eigenvalue weighted by atomic mass is 16.5. The zero-order chi connectivity index (χ0) is 12.8. The van der Waals surface area contributed by atoms with Crippen LogP contribution in [0.3, 0.4) is 0 Å². The second-order valence-electron chi connectivity index (χ2n) is 3.98. The maximum absolute atomic E-state index is 7.32. The van der Waals surface area contributed by atoms with Gasteiger partial charge in [0.25, 0.3) is 0 Å². The molecule has 1 heterocycles. The molecular weight excluding hydrogens is 228 g/mol. The van der Waals surface area contributed by atoms with E-state index in [4.69, 9.17) is 10.1 Å². The van der Waals surface area contributed by atoms with E-state index >= 15 is 0 Å². The van der Waals surface area contributed by atoms with Crippen LogP contribution in [0.25, 0.3) is 0 Å². The van der Waals surface area contributed by atoms with Crippen molar-refractivity contribution in [1.82, 2.24) is 14.9 Å². The van der Waals surface area contributed by atoms with E-state index in [2.05, 4.69) is 10.3 Å². The second-order valence-corrected chi connectivity index (χ2v) is 3.98. The average molecular weight is 244 g/mol. The predicted molar refractivity (Wildman–Crippen MR) is 69.5 cm³/mol. The van der Waals surface area contributed by atoms with Gasteiger partial charge in [-0.25, -0.2) is 4.98 Å². The molecule has 2 N–H and O–H groups in total. The largest absolute Gasteiger partial charge is 0.473 e. The number of rotatable bonds is 5. The molecule has 0 spiro atoms. The van der Waals surface area contributed by atoms with Crippen molar-refractivity contribution >= 4 is 5.84 Å². The topological polar surface area (TPSA) is 62.9 Å². The van der Waals surface area contributed by atoms with E-state index in [9.17, 15) is 0 Å². The van der Waals surface area contributed by atoms with Crippen molar-refractivity contribution in [3.05, 3.63) is 48.5 Å². The summed E-state index contributed by atoms with van der Waals surface area (Å²) in [6.07, 6.45) is 5.28. The summed E-state index contributed by atoms with van der Waals surface area (Å²) >= 11 is 0. The van der Waals surface area contributed by atoms with E-state index in [-0.39, 0.29) is 0 Å². The van der Waals surface area contributed by atoms with E-state index in [1.807, 2.05) is 35.0 Å². The number of ether oxygens (including phenoxy) is 1. The number of imidazole rings is 1. The van der Waals surface area contributed by atoms with E-state index in [1.54, 1.807) is 19.4 Å². The molecular formula is C13H16N4O. The fourth-order valence-corrected chi connectivity index (χ4v) is 1.49. The Balaban J connectivity index is 1.92. The summed E-state index contributed by atoms with van der Waals surface area (Å²) in [4.78, 5) is 3.95. The Labute approximate surface area is 106 Å². The molecule has 5 heteroatoms. The minimum atomic E-state index is 0.445. The first-order valence-electron chi connectivity index (χ1n) is 5.70. The van der Waals surface area contributed by atoms with Crippen molar-refractivity contribution in [1.29, 1.82) is 5.41 Å². The molecule has 0 fully saturated rings. The zero-order valence-electron chi connectivity index (χ0n) is 10.3. The van der Waals surface area contributed by atoms with Gasteiger partial charge >= 0.3 is 0 Å². The highest BCUT2D eigenvalue weighted by molar-refractivity contribution is 5.75. The summed E-state index contributed by atoms with van der Waals surface area (Å²) in [5, 5.41) is 10.3. The van der Waals surface area contributed by atoms with Crippen molar-refractivity contribution in [2.24, 2.45) is 0 Å². The quantitative estimate of drug-likeness (QED) is 0.624. The standard InChI is InChI=1S/C13H16N4O/c1-11(14)16-8-12-3-2-4-13(7-12)18-10-17-6-5-15-9-17/h2-7,9H,8,10H2,1H3,(H2,14,16). The molecule has 1 aromatic carbocycles. The molecule has 0 unspecified atom stereocenters. The maximum atomic E-state index is 7.32. The van der Waals surface area contributed by atoms with Crippen molar-refractivity contribution in [2.45, 2.75) is 20.2 Å². The molecule has 0 amide bonds. The molecule has 0 radical (unpaired) electrons. The van der Waals surface area contributed by atoms with Gasteiger partial charge in [0.1, 0.15) is 5.75 Å². The number of hydrogen-bond donors (Lipinski definition) is 2. The zero-order valence-corrected chi connectivity index (χ0v) is 10.3. The van der Waals surface area contributed by atoms with Crippen LogP contribution in [0.4, 0.5) is 0 Å². The average Bonchev–Trinajstić information content (AvgIpc) is 2.87. The summed E-state index contributed by atoms with van der Waals surface area (Å²) in [6.45, 7) is 2.80. The van der Waals surface area contributed by atoms with Gasteiger partial charge in [-0.05, 0) is 24.6 Å². The fourth-order valence-electron chi connectivity index (χ4n) is 1.49. The molecule has 94 valence electrons. The van der Waals surface area contributed by atoms with E-state index in [0.717, 1.165) is 11.3 Å². The van der Waals surface area contributed by atoms with E-state index in [0.29, 0.717) is 19.1 Å². The Morgan fingerprint density at radius 3 is 3.11 bits per heavy atom. The summed E-state index contributed by atoms with van der Waals surface area (Å²) in [5.41, 5.74) is 1.09. The summed E-state index contributed by atoms with van der Waals surface area (Å²) < 4.78 is 7.49. The monoisotopic (exact) mass is 244 g/mol. The van der Waals surface area contributed by atoms with Crippen LogP contribution in [0.5, 0.6) is 5.75 Å². The SMILES string of the molecule is CC(=N)NCc1cccc(OCn2ccnc2)c1. The van der Waals surface area contributed by atoms with Gasteiger partial charge in [-0.1, -0.05) is 12.1 Å². The maximum Gasteiger partial charge on any atom is 0.165 e. The molecule has 0 aliphatic heterocycles. The lowest BCUT2D eigenvalue weighted by Crippen LogP contribution is -2.18.